The molecule has 0 unspecified atom stereocenters. The average molecular weight is 478 g/mol. The molecule has 0 atom stereocenters. The fraction of sp³-hybridized carbons (Fsp3) is 0.333. The maximum absolute atomic E-state index is 5.01. The van der Waals surface area contributed by atoms with E-state index in [0.29, 0.717) is 0 Å². The minimum atomic E-state index is 0.741. The molecule has 4 rings (SSSR count). The molecule has 0 bridgehead atoms. The van der Waals surface area contributed by atoms with Crippen molar-refractivity contribution in [3.63, 3.8) is 0 Å². The summed E-state index contributed by atoms with van der Waals surface area (Å²) >= 11 is 0. The normalized spacial score (nSPS) is 11.0. The Hall–Kier alpha value is -3.46. The van der Waals surface area contributed by atoms with Crippen LogP contribution >= 0.6 is 0 Å². The first-order valence-corrected chi connectivity index (χ1v) is 13.6. The van der Waals surface area contributed by atoms with Crippen molar-refractivity contribution in [2.24, 2.45) is 0 Å². The molecule has 1 heterocycles. The van der Waals surface area contributed by atoms with Crippen LogP contribution in [0.2, 0.25) is 0 Å². The number of nitrogens with zero attached hydrogens (tertiary/aromatic N) is 3. The second-order valence-corrected chi connectivity index (χ2v) is 9.69. The second-order valence-electron chi connectivity index (χ2n) is 9.69. The molecule has 3 aromatic carbocycles. The zero-order valence-electron chi connectivity index (χ0n) is 22.1. The summed E-state index contributed by atoms with van der Waals surface area (Å²) in [4.78, 5) is 11.8. The van der Waals surface area contributed by atoms with Crippen LogP contribution in [-0.4, -0.2) is 9.97 Å². The van der Waals surface area contributed by atoms with E-state index in [-0.39, 0.29) is 0 Å². The molecule has 0 amide bonds. The van der Waals surface area contributed by atoms with Crippen molar-refractivity contribution in [3.8, 4) is 11.4 Å². The van der Waals surface area contributed by atoms with Gasteiger partial charge in [-0.15, -0.1) is 0 Å². The topological polar surface area (TPSA) is 29.0 Å². The van der Waals surface area contributed by atoms with Gasteiger partial charge in [0.15, 0.2) is 5.82 Å². The Morgan fingerprint density at radius 2 is 1.14 bits per heavy atom. The minimum Gasteiger partial charge on any atom is -0.295 e. The van der Waals surface area contributed by atoms with Gasteiger partial charge in [0.05, 0.1) is 0 Å². The van der Waals surface area contributed by atoms with Gasteiger partial charge < -0.3 is 0 Å². The molecule has 0 saturated heterocycles. The van der Waals surface area contributed by atoms with E-state index in [0.717, 1.165) is 41.4 Å². The van der Waals surface area contributed by atoms with Gasteiger partial charge in [0.25, 0.3) is 0 Å². The van der Waals surface area contributed by atoms with Crippen LogP contribution in [0, 0.1) is 6.92 Å². The fourth-order valence-electron chi connectivity index (χ4n) is 4.51. The maximum Gasteiger partial charge on any atom is 0.161 e. The largest absolute Gasteiger partial charge is 0.295 e. The standard InChI is InChI=1S/C33H39N3/c1-4-6-8-10-27-14-20-30(21-15-27)36(31-22-16-28(17-23-31)11-9-7-5-2)32-24-25-34-33(35-32)29-18-12-26(3)13-19-29/h12-25H,4-11H2,1-3H3. The first-order chi connectivity index (χ1) is 17.7. The van der Waals surface area contributed by atoms with Crippen LogP contribution < -0.4 is 4.90 Å². The number of hydrogen-bond acceptors (Lipinski definition) is 3. The molecule has 186 valence electrons. The van der Waals surface area contributed by atoms with Crippen molar-refractivity contribution >= 4 is 17.2 Å². The Balaban J connectivity index is 1.67. The van der Waals surface area contributed by atoms with E-state index in [1.165, 1.54) is 55.2 Å². The van der Waals surface area contributed by atoms with Crippen LogP contribution in [-0.2, 0) is 12.8 Å². The highest BCUT2D eigenvalue weighted by atomic mass is 15.2. The van der Waals surface area contributed by atoms with Crippen LogP contribution in [0.3, 0.4) is 0 Å². The Morgan fingerprint density at radius 3 is 1.64 bits per heavy atom. The molecule has 0 spiro atoms. The molecule has 0 aliphatic carbocycles. The molecule has 0 saturated carbocycles. The van der Waals surface area contributed by atoms with Crippen molar-refractivity contribution in [2.45, 2.75) is 72.1 Å². The van der Waals surface area contributed by atoms with Gasteiger partial charge in [0.1, 0.15) is 5.82 Å². The smallest absolute Gasteiger partial charge is 0.161 e. The predicted octanol–water partition coefficient (Wildman–Crippen LogP) is 9.39. The van der Waals surface area contributed by atoms with Gasteiger partial charge in [0.2, 0.25) is 0 Å². The van der Waals surface area contributed by atoms with Crippen molar-refractivity contribution in [3.05, 3.63) is 102 Å². The van der Waals surface area contributed by atoms with Crippen LogP contribution in [0.5, 0.6) is 0 Å². The van der Waals surface area contributed by atoms with Gasteiger partial charge in [0, 0.05) is 23.1 Å². The number of benzene rings is 3. The average Bonchev–Trinajstić information content (AvgIpc) is 2.91. The second kappa shape index (κ2) is 13.0. The Bertz CT molecular complexity index is 1140. The molecule has 0 aliphatic rings. The summed E-state index contributed by atoms with van der Waals surface area (Å²) in [5.41, 5.74) is 7.26. The number of anilines is 3. The molecule has 0 fully saturated rings. The third-order valence-corrected chi connectivity index (χ3v) is 6.71. The first kappa shape index (κ1) is 25.6. The van der Waals surface area contributed by atoms with E-state index in [2.05, 4.69) is 103 Å². The van der Waals surface area contributed by atoms with Gasteiger partial charge in [-0.25, -0.2) is 9.97 Å². The molecule has 0 N–H and O–H groups in total. The maximum atomic E-state index is 5.01. The number of unbranched alkanes of at least 4 members (excludes halogenated alkanes) is 4. The first-order valence-electron chi connectivity index (χ1n) is 13.6. The van der Waals surface area contributed by atoms with Crippen molar-refractivity contribution in [1.82, 2.24) is 9.97 Å². The Morgan fingerprint density at radius 1 is 0.611 bits per heavy atom. The summed E-state index contributed by atoms with van der Waals surface area (Å²) in [5.74, 6) is 1.61. The molecule has 3 heteroatoms. The highest BCUT2D eigenvalue weighted by Crippen LogP contribution is 2.34. The molecule has 4 aromatic rings. The van der Waals surface area contributed by atoms with Crippen LogP contribution in [0.1, 0.15) is 69.1 Å². The summed E-state index contributed by atoms with van der Waals surface area (Å²) in [6, 6.07) is 28.4. The summed E-state index contributed by atoms with van der Waals surface area (Å²) in [6.07, 6.45) is 11.7. The lowest BCUT2D eigenvalue weighted by Gasteiger charge is -2.25. The molecule has 0 aliphatic heterocycles. The van der Waals surface area contributed by atoms with E-state index >= 15 is 0 Å². The van der Waals surface area contributed by atoms with Crippen LogP contribution in [0.15, 0.2) is 85.1 Å². The number of hydrogen-bond donors (Lipinski definition) is 0. The zero-order valence-corrected chi connectivity index (χ0v) is 22.1. The number of aromatic nitrogens is 2. The Kier molecular flexibility index (Phi) is 9.27. The lowest BCUT2D eigenvalue weighted by atomic mass is 10.1. The molecule has 36 heavy (non-hydrogen) atoms. The zero-order chi connectivity index (χ0) is 25.2. The number of rotatable bonds is 12. The summed E-state index contributed by atoms with van der Waals surface area (Å²) < 4.78 is 0. The number of aryl methyl sites for hydroxylation is 3. The van der Waals surface area contributed by atoms with E-state index in [9.17, 15) is 0 Å². The third kappa shape index (κ3) is 6.81. The molecule has 1 aromatic heterocycles. The van der Waals surface area contributed by atoms with Gasteiger partial charge in [-0.2, -0.15) is 0 Å². The van der Waals surface area contributed by atoms with Gasteiger partial charge >= 0.3 is 0 Å². The van der Waals surface area contributed by atoms with E-state index in [1.54, 1.807) is 0 Å². The minimum absolute atomic E-state index is 0.741. The molecule has 0 radical (unpaired) electrons. The van der Waals surface area contributed by atoms with Crippen LogP contribution in [0.25, 0.3) is 11.4 Å². The SMILES string of the molecule is CCCCCc1ccc(N(c2ccc(CCCCC)cc2)c2ccnc(-c3ccc(C)cc3)n2)cc1. The van der Waals surface area contributed by atoms with Gasteiger partial charge in [-0.1, -0.05) is 93.6 Å². The highest BCUT2D eigenvalue weighted by Gasteiger charge is 2.15. The predicted molar refractivity (Wildman–Crippen MR) is 153 cm³/mol. The summed E-state index contributed by atoms with van der Waals surface area (Å²) in [6.45, 7) is 6.60. The lowest BCUT2D eigenvalue weighted by Crippen LogP contribution is -2.12. The van der Waals surface area contributed by atoms with Crippen molar-refractivity contribution < 1.29 is 0 Å². The monoisotopic (exact) mass is 477 g/mol. The quantitative estimate of drug-likeness (QED) is 0.190. The van der Waals surface area contributed by atoms with Gasteiger partial charge in [-0.05, 0) is 74.1 Å². The van der Waals surface area contributed by atoms with Crippen molar-refractivity contribution in [1.29, 1.82) is 0 Å². The molecule has 3 nitrogen and oxygen atoms in total. The van der Waals surface area contributed by atoms with Crippen LogP contribution in [0.4, 0.5) is 17.2 Å². The molecular weight excluding hydrogens is 438 g/mol. The van der Waals surface area contributed by atoms with Crippen molar-refractivity contribution in [2.75, 3.05) is 4.90 Å². The Labute approximate surface area is 217 Å². The highest BCUT2D eigenvalue weighted by molar-refractivity contribution is 5.75. The van der Waals surface area contributed by atoms with Gasteiger partial charge in [-0.3, -0.25) is 4.90 Å². The van der Waals surface area contributed by atoms with E-state index < -0.39 is 0 Å². The summed E-state index contributed by atoms with van der Waals surface area (Å²) in [7, 11) is 0. The molecular formula is C33H39N3. The van der Waals surface area contributed by atoms with E-state index in [4.69, 9.17) is 4.98 Å². The van der Waals surface area contributed by atoms with E-state index in [1.807, 2.05) is 12.3 Å². The fourth-order valence-corrected chi connectivity index (χ4v) is 4.51. The summed E-state index contributed by atoms with van der Waals surface area (Å²) in [5, 5.41) is 0. The lowest BCUT2D eigenvalue weighted by molar-refractivity contribution is 0.717. The third-order valence-electron chi connectivity index (χ3n) is 6.71.